The Labute approximate surface area is 147 Å². The highest BCUT2D eigenvalue weighted by Crippen LogP contribution is 2.26. The fraction of sp³-hybridized carbons (Fsp3) is 0.500. The van der Waals surface area contributed by atoms with Crippen molar-refractivity contribution in [1.29, 1.82) is 0 Å². The average molecular weight is 344 g/mol. The molecule has 0 radical (unpaired) electrons. The molecule has 0 saturated carbocycles. The Kier molecular flexibility index (Phi) is 4.94. The van der Waals surface area contributed by atoms with Gasteiger partial charge in [-0.1, -0.05) is 11.8 Å². The van der Waals surface area contributed by atoms with E-state index in [0.29, 0.717) is 12.8 Å². The number of amides is 1. The summed E-state index contributed by atoms with van der Waals surface area (Å²) in [4.78, 5) is 23.7. The van der Waals surface area contributed by atoms with Crippen molar-refractivity contribution in [3.63, 3.8) is 0 Å². The van der Waals surface area contributed by atoms with Crippen molar-refractivity contribution in [2.45, 2.75) is 51.4 Å². The highest BCUT2D eigenvalue weighted by atomic mass is 32.2. The standard InChI is InChI=1S/C18H24N4OS/c1-12-15(13(2)20-18(19-12)24-4)7-8-17(23)22-11-10-21-9-5-6-16(21)14(22)3/h5-6,9,14H,7-8,10-11H2,1-4H3. The Morgan fingerprint density at radius 1 is 1.29 bits per heavy atom. The maximum atomic E-state index is 12.7. The van der Waals surface area contributed by atoms with Gasteiger partial charge in [0, 0.05) is 42.8 Å². The smallest absolute Gasteiger partial charge is 0.223 e. The number of hydrogen-bond donors (Lipinski definition) is 0. The third kappa shape index (κ3) is 3.20. The molecule has 3 heterocycles. The minimum atomic E-state index is 0.138. The molecule has 2 aromatic heterocycles. The third-order valence-corrected chi connectivity index (χ3v) is 5.38. The zero-order valence-corrected chi connectivity index (χ0v) is 15.6. The van der Waals surface area contributed by atoms with E-state index in [4.69, 9.17) is 0 Å². The van der Waals surface area contributed by atoms with Gasteiger partial charge in [-0.2, -0.15) is 0 Å². The van der Waals surface area contributed by atoms with Crippen molar-refractivity contribution in [1.82, 2.24) is 19.4 Å². The lowest BCUT2D eigenvalue weighted by molar-refractivity contribution is -0.134. The normalized spacial score (nSPS) is 17.0. The summed E-state index contributed by atoms with van der Waals surface area (Å²) in [6.07, 6.45) is 5.28. The number of hydrogen-bond acceptors (Lipinski definition) is 4. The van der Waals surface area contributed by atoms with Crippen LogP contribution in [0.5, 0.6) is 0 Å². The van der Waals surface area contributed by atoms with Gasteiger partial charge in [-0.15, -0.1) is 0 Å². The number of aryl methyl sites for hydroxylation is 2. The summed E-state index contributed by atoms with van der Waals surface area (Å²) in [5.74, 6) is 0.211. The van der Waals surface area contributed by atoms with Gasteiger partial charge in [-0.25, -0.2) is 9.97 Å². The van der Waals surface area contributed by atoms with Gasteiger partial charge in [0.25, 0.3) is 0 Å². The van der Waals surface area contributed by atoms with E-state index < -0.39 is 0 Å². The molecule has 0 N–H and O–H groups in total. The summed E-state index contributed by atoms with van der Waals surface area (Å²) in [5.41, 5.74) is 4.30. The molecular weight excluding hydrogens is 320 g/mol. The molecular formula is C18H24N4OS. The zero-order chi connectivity index (χ0) is 17.3. The molecule has 1 aliphatic rings. The first-order valence-electron chi connectivity index (χ1n) is 8.34. The second-order valence-corrected chi connectivity index (χ2v) is 7.02. The van der Waals surface area contributed by atoms with Crippen molar-refractivity contribution < 1.29 is 4.79 Å². The van der Waals surface area contributed by atoms with E-state index >= 15 is 0 Å². The van der Waals surface area contributed by atoms with Crippen LogP contribution in [0.4, 0.5) is 0 Å². The van der Waals surface area contributed by atoms with E-state index in [1.54, 1.807) is 11.8 Å². The molecule has 1 atom stereocenters. The minimum absolute atomic E-state index is 0.138. The van der Waals surface area contributed by atoms with Gasteiger partial charge >= 0.3 is 0 Å². The van der Waals surface area contributed by atoms with E-state index in [2.05, 4.69) is 39.8 Å². The number of aromatic nitrogens is 3. The van der Waals surface area contributed by atoms with Gasteiger partial charge in [0.1, 0.15) is 0 Å². The molecule has 0 aliphatic carbocycles. The quantitative estimate of drug-likeness (QED) is 0.631. The number of fused-ring (bicyclic) bond motifs is 1. The van der Waals surface area contributed by atoms with E-state index in [1.165, 1.54) is 5.69 Å². The Bertz CT molecular complexity index is 732. The lowest BCUT2D eigenvalue weighted by Crippen LogP contribution is -2.40. The maximum Gasteiger partial charge on any atom is 0.223 e. The molecule has 0 spiro atoms. The molecule has 0 aromatic carbocycles. The summed E-state index contributed by atoms with van der Waals surface area (Å²) >= 11 is 1.55. The predicted octanol–water partition coefficient (Wildman–Crippen LogP) is 3.15. The van der Waals surface area contributed by atoms with Gasteiger partial charge in [0.15, 0.2) is 5.16 Å². The molecule has 5 nitrogen and oxygen atoms in total. The lowest BCUT2D eigenvalue weighted by atomic mass is 10.0. The summed E-state index contributed by atoms with van der Waals surface area (Å²) in [6.45, 7) is 7.77. The Hall–Kier alpha value is -1.82. The van der Waals surface area contributed by atoms with Crippen LogP contribution in [0.15, 0.2) is 23.5 Å². The van der Waals surface area contributed by atoms with E-state index in [0.717, 1.165) is 35.2 Å². The van der Waals surface area contributed by atoms with E-state index in [-0.39, 0.29) is 11.9 Å². The molecule has 0 saturated heterocycles. The van der Waals surface area contributed by atoms with Crippen LogP contribution >= 0.6 is 11.8 Å². The van der Waals surface area contributed by atoms with Crippen LogP contribution in [-0.2, 0) is 17.8 Å². The minimum Gasteiger partial charge on any atom is -0.348 e. The molecule has 3 rings (SSSR count). The lowest BCUT2D eigenvalue weighted by Gasteiger charge is -2.35. The third-order valence-electron chi connectivity index (χ3n) is 4.83. The molecule has 1 unspecified atom stereocenters. The summed E-state index contributed by atoms with van der Waals surface area (Å²) in [6, 6.07) is 4.29. The summed E-state index contributed by atoms with van der Waals surface area (Å²) in [7, 11) is 0. The molecule has 24 heavy (non-hydrogen) atoms. The summed E-state index contributed by atoms with van der Waals surface area (Å²) < 4.78 is 2.23. The van der Waals surface area contributed by atoms with Crippen molar-refractivity contribution in [3.8, 4) is 0 Å². The first kappa shape index (κ1) is 17.0. The monoisotopic (exact) mass is 344 g/mol. The fourth-order valence-electron chi connectivity index (χ4n) is 3.46. The van der Waals surface area contributed by atoms with Crippen molar-refractivity contribution in [3.05, 3.63) is 41.0 Å². The van der Waals surface area contributed by atoms with Crippen LogP contribution in [0.1, 0.15) is 42.0 Å². The number of carbonyl (C=O) groups excluding carboxylic acids is 1. The Morgan fingerprint density at radius 3 is 2.67 bits per heavy atom. The van der Waals surface area contributed by atoms with E-state index in [1.807, 2.05) is 25.0 Å². The van der Waals surface area contributed by atoms with E-state index in [9.17, 15) is 4.79 Å². The van der Waals surface area contributed by atoms with Gasteiger partial charge in [-0.3, -0.25) is 4.79 Å². The van der Waals surface area contributed by atoms with Crippen LogP contribution in [-0.4, -0.2) is 38.1 Å². The van der Waals surface area contributed by atoms with Crippen molar-refractivity contribution in [2.75, 3.05) is 12.8 Å². The molecule has 0 bridgehead atoms. The molecule has 0 fully saturated rings. The topological polar surface area (TPSA) is 51.0 Å². The van der Waals surface area contributed by atoms with Crippen molar-refractivity contribution in [2.24, 2.45) is 0 Å². The number of thioether (sulfide) groups is 1. The maximum absolute atomic E-state index is 12.7. The Balaban J connectivity index is 1.69. The number of rotatable bonds is 4. The van der Waals surface area contributed by atoms with Crippen LogP contribution in [0, 0.1) is 13.8 Å². The second-order valence-electron chi connectivity index (χ2n) is 6.25. The first-order valence-corrected chi connectivity index (χ1v) is 9.56. The highest BCUT2D eigenvalue weighted by molar-refractivity contribution is 7.98. The van der Waals surface area contributed by atoms with Crippen LogP contribution in [0.3, 0.4) is 0 Å². The molecule has 1 amide bonds. The molecule has 1 aliphatic heterocycles. The average Bonchev–Trinajstić information content (AvgIpc) is 3.03. The molecule has 6 heteroatoms. The second kappa shape index (κ2) is 6.97. The largest absolute Gasteiger partial charge is 0.348 e. The van der Waals surface area contributed by atoms with Crippen LogP contribution in [0.25, 0.3) is 0 Å². The SMILES string of the molecule is CSc1nc(C)c(CCC(=O)N2CCn3cccc3C2C)c(C)n1. The first-order chi connectivity index (χ1) is 11.5. The zero-order valence-electron chi connectivity index (χ0n) is 14.7. The fourth-order valence-corrected chi connectivity index (χ4v) is 3.91. The molecule has 128 valence electrons. The number of carbonyl (C=O) groups is 1. The van der Waals surface area contributed by atoms with Crippen LogP contribution < -0.4 is 0 Å². The molecule has 2 aromatic rings. The predicted molar refractivity (Wildman–Crippen MR) is 96.2 cm³/mol. The van der Waals surface area contributed by atoms with Crippen LogP contribution in [0.2, 0.25) is 0 Å². The van der Waals surface area contributed by atoms with Gasteiger partial charge in [-0.05, 0) is 51.1 Å². The van der Waals surface area contributed by atoms with Gasteiger partial charge in [0.2, 0.25) is 5.91 Å². The summed E-state index contributed by atoms with van der Waals surface area (Å²) in [5, 5.41) is 0.797. The Morgan fingerprint density at radius 2 is 2.00 bits per heavy atom. The van der Waals surface area contributed by atoms with Gasteiger partial charge < -0.3 is 9.47 Å². The number of nitrogens with zero attached hydrogens (tertiary/aromatic N) is 4. The van der Waals surface area contributed by atoms with Crippen molar-refractivity contribution >= 4 is 17.7 Å². The van der Waals surface area contributed by atoms with Gasteiger partial charge in [0.05, 0.1) is 6.04 Å². The highest BCUT2D eigenvalue weighted by Gasteiger charge is 2.27.